The largest absolute Gasteiger partial charge is 0.481 e. The molecule has 2 N–H and O–H groups in total. The molecule has 0 aromatic carbocycles. The molecule has 1 aliphatic carbocycles. The first-order valence-corrected chi connectivity index (χ1v) is 10.8. The van der Waals surface area contributed by atoms with E-state index in [9.17, 15) is 8.42 Å². The minimum Gasteiger partial charge on any atom is -0.481 e. The van der Waals surface area contributed by atoms with E-state index in [1.807, 2.05) is 0 Å². The maximum absolute atomic E-state index is 12.8. The summed E-state index contributed by atoms with van der Waals surface area (Å²) in [6, 6.07) is 3.67. The maximum Gasteiger partial charge on any atom is 0.265 e. The van der Waals surface area contributed by atoms with E-state index < -0.39 is 10.0 Å². The Bertz CT molecular complexity index is 1160. The van der Waals surface area contributed by atoms with Crippen molar-refractivity contribution < 1.29 is 17.9 Å². The van der Waals surface area contributed by atoms with Crippen molar-refractivity contribution in [2.24, 2.45) is 5.92 Å². The van der Waals surface area contributed by atoms with Gasteiger partial charge in [-0.15, -0.1) is 11.3 Å². The van der Waals surface area contributed by atoms with Gasteiger partial charge in [0.1, 0.15) is 9.90 Å². The fourth-order valence-electron chi connectivity index (χ4n) is 2.95. The van der Waals surface area contributed by atoms with Gasteiger partial charge in [-0.25, -0.2) is 18.1 Å². The summed E-state index contributed by atoms with van der Waals surface area (Å²) in [4.78, 5) is 15.4. The summed E-state index contributed by atoms with van der Waals surface area (Å²) in [6.07, 6.45) is 3.65. The summed E-state index contributed by atoms with van der Waals surface area (Å²) in [6.45, 7) is 0. The van der Waals surface area contributed by atoms with Crippen LogP contribution in [-0.4, -0.2) is 42.6 Å². The molecular formula is C17H16N6O4S2. The summed E-state index contributed by atoms with van der Waals surface area (Å²) in [5, 5.41) is 11.6. The minimum atomic E-state index is -3.96. The van der Waals surface area contributed by atoms with Gasteiger partial charge in [-0.3, -0.25) is 0 Å². The van der Waals surface area contributed by atoms with E-state index in [1.54, 1.807) is 11.6 Å². The highest BCUT2D eigenvalue weighted by molar-refractivity contribution is 7.92. The van der Waals surface area contributed by atoms with Gasteiger partial charge in [0.05, 0.1) is 37.5 Å². The van der Waals surface area contributed by atoms with Gasteiger partial charge in [0.25, 0.3) is 10.0 Å². The number of aromatic nitrogens is 4. The molecule has 150 valence electrons. The number of anilines is 1. The number of methoxy groups -OCH3 is 2. The van der Waals surface area contributed by atoms with Crippen LogP contribution in [0.15, 0.2) is 28.7 Å². The molecular weight excluding hydrogens is 416 g/mol. The van der Waals surface area contributed by atoms with Gasteiger partial charge in [-0.1, -0.05) is 0 Å². The van der Waals surface area contributed by atoms with Crippen LogP contribution >= 0.6 is 11.3 Å². The molecule has 1 aliphatic rings. The molecule has 0 amide bonds. The van der Waals surface area contributed by atoms with Crippen LogP contribution < -0.4 is 14.2 Å². The van der Waals surface area contributed by atoms with Crippen molar-refractivity contribution in [1.82, 2.24) is 19.9 Å². The number of sulfonamides is 1. The predicted octanol–water partition coefficient (Wildman–Crippen LogP) is 2.37. The molecule has 10 nitrogen and oxygen atoms in total. The van der Waals surface area contributed by atoms with Crippen LogP contribution in [0.1, 0.15) is 17.9 Å². The molecule has 1 saturated carbocycles. The number of H-pyrrole nitrogens is 1. The Hall–Kier alpha value is -3.17. The quantitative estimate of drug-likeness (QED) is 0.579. The average Bonchev–Trinajstić information content (AvgIpc) is 3.10. The van der Waals surface area contributed by atoms with Gasteiger partial charge in [-0.2, -0.15) is 15.2 Å². The number of rotatable bonds is 7. The molecule has 0 saturated heterocycles. The van der Waals surface area contributed by atoms with E-state index >= 15 is 0 Å². The second kappa shape index (κ2) is 7.34. The predicted molar refractivity (Wildman–Crippen MR) is 104 cm³/mol. The highest BCUT2D eigenvalue weighted by Crippen LogP contribution is 2.52. The number of hydrogen-bond acceptors (Lipinski definition) is 9. The van der Waals surface area contributed by atoms with Crippen molar-refractivity contribution in [3.63, 3.8) is 0 Å². The topological polar surface area (TPSA) is 143 Å². The molecule has 0 spiro atoms. The summed E-state index contributed by atoms with van der Waals surface area (Å²) in [7, 11) is -1.13. The molecule has 29 heavy (non-hydrogen) atoms. The lowest BCUT2D eigenvalue weighted by Gasteiger charge is -2.13. The second-order valence-corrected chi connectivity index (χ2v) is 8.83. The van der Waals surface area contributed by atoms with Crippen LogP contribution in [0.2, 0.25) is 0 Å². The summed E-state index contributed by atoms with van der Waals surface area (Å²) >= 11 is 1.39. The van der Waals surface area contributed by atoms with Crippen molar-refractivity contribution in [2.45, 2.75) is 17.2 Å². The summed E-state index contributed by atoms with van der Waals surface area (Å²) in [5.74, 6) is -0.0903. The molecule has 3 heterocycles. The van der Waals surface area contributed by atoms with Crippen LogP contribution in [-0.2, 0) is 10.0 Å². The van der Waals surface area contributed by atoms with Crippen molar-refractivity contribution in [3.05, 3.63) is 29.4 Å². The SMILES string of the molecule is COc1nc(NS(=O)(=O)c2c[nH]c(-c3nccs3)c2)nc(OC)c1C1CC1C#N. The lowest BCUT2D eigenvalue weighted by Crippen LogP contribution is -2.16. The Morgan fingerprint density at radius 3 is 2.59 bits per heavy atom. The standard InChI is InChI=1S/C17H16N6O4S2/c1-26-14-13(11-5-9(11)7-18)15(27-2)22-17(21-14)23-29(24,25)10-6-12(20-8-10)16-19-3-4-28-16/h3-4,6,8-9,11,20H,5H2,1-2H3,(H,21,22,23). The minimum absolute atomic E-state index is 0.0139. The Kier molecular flexibility index (Phi) is 4.85. The van der Waals surface area contributed by atoms with Crippen molar-refractivity contribution in [1.29, 1.82) is 5.26 Å². The number of aromatic amines is 1. The Balaban J connectivity index is 1.64. The first-order chi connectivity index (χ1) is 14.0. The molecule has 4 rings (SSSR count). The van der Waals surface area contributed by atoms with E-state index in [0.29, 0.717) is 22.7 Å². The molecule has 2 atom stereocenters. The van der Waals surface area contributed by atoms with Crippen LogP contribution in [0.25, 0.3) is 10.7 Å². The highest BCUT2D eigenvalue weighted by Gasteiger charge is 2.44. The smallest absolute Gasteiger partial charge is 0.265 e. The normalized spacial score (nSPS) is 18.1. The van der Waals surface area contributed by atoms with Gasteiger partial charge < -0.3 is 14.5 Å². The number of nitrogens with zero attached hydrogens (tertiary/aromatic N) is 4. The molecule has 0 aliphatic heterocycles. The van der Waals surface area contributed by atoms with Crippen LogP contribution in [0.3, 0.4) is 0 Å². The van der Waals surface area contributed by atoms with E-state index in [0.717, 1.165) is 0 Å². The van der Waals surface area contributed by atoms with Crippen molar-refractivity contribution >= 4 is 27.3 Å². The number of ether oxygens (including phenoxy) is 2. The van der Waals surface area contributed by atoms with Crippen LogP contribution in [0.5, 0.6) is 11.8 Å². The molecule has 0 radical (unpaired) electrons. The van der Waals surface area contributed by atoms with Gasteiger partial charge in [0, 0.05) is 23.7 Å². The first-order valence-electron chi connectivity index (χ1n) is 8.47. The zero-order valence-electron chi connectivity index (χ0n) is 15.4. The third-order valence-electron chi connectivity index (χ3n) is 4.44. The molecule has 0 bridgehead atoms. The fourth-order valence-corrected chi connectivity index (χ4v) is 4.50. The monoisotopic (exact) mass is 432 g/mol. The maximum atomic E-state index is 12.8. The summed E-state index contributed by atoms with van der Waals surface area (Å²) < 4.78 is 38.5. The molecule has 2 unspecified atom stereocenters. The third kappa shape index (κ3) is 3.62. The van der Waals surface area contributed by atoms with Crippen LogP contribution in [0, 0.1) is 17.2 Å². The second-order valence-electron chi connectivity index (χ2n) is 6.25. The van der Waals surface area contributed by atoms with Crippen molar-refractivity contribution in [3.8, 4) is 28.5 Å². The van der Waals surface area contributed by atoms with Crippen LogP contribution in [0.4, 0.5) is 5.95 Å². The van der Waals surface area contributed by atoms with E-state index in [1.165, 1.54) is 37.8 Å². The zero-order valence-corrected chi connectivity index (χ0v) is 17.0. The van der Waals surface area contributed by atoms with Gasteiger partial charge >= 0.3 is 0 Å². The Morgan fingerprint density at radius 2 is 2.03 bits per heavy atom. The molecule has 3 aromatic rings. The fraction of sp³-hybridized carbons (Fsp3) is 0.294. The molecule has 3 aromatic heterocycles. The number of hydrogen-bond donors (Lipinski definition) is 2. The number of nitrogens with one attached hydrogen (secondary N) is 2. The Labute approximate surface area is 170 Å². The van der Waals surface area contributed by atoms with E-state index in [4.69, 9.17) is 14.7 Å². The number of nitriles is 1. The third-order valence-corrected chi connectivity index (χ3v) is 6.56. The molecule has 12 heteroatoms. The van der Waals surface area contributed by atoms with Gasteiger partial charge in [0.2, 0.25) is 17.7 Å². The van der Waals surface area contributed by atoms with Crippen molar-refractivity contribution in [2.75, 3.05) is 18.9 Å². The number of thiazole rings is 1. The highest BCUT2D eigenvalue weighted by atomic mass is 32.2. The lowest BCUT2D eigenvalue weighted by molar-refractivity contribution is 0.363. The first kappa shape index (κ1) is 19.2. The summed E-state index contributed by atoms with van der Waals surface area (Å²) in [5.41, 5.74) is 1.15. The van der Waals surface area contributed by atoms with E-state index in [-0.39, 0.29) is 34.4 Å². The van der Waals surface area contributed by atoms with Gasteiger partial charge in [0.15, 0.2) is 0 Å². The zero-order chi connectivity index (χ0) is 20.6. The van der Waals surface area contributed by atoms with E-state index in [2.05, 4.69) is 30.7 Å². The van der Waals surface area contributed by atoms with Gasteiger partial charge in [-0.05, 0) is 12.5 Å². The Morgan fingerprint density at radius 1 is 1.31 bits per heavy atom. The average molecular weight is 432 g/mol. The lowest BCUT2D eigenvalue weighted by atomic mass is 10.1. The molecule has 1 fully saturated rings.